The van der Waals surface area contributed by atoms with Crippen LogP contribution in [0.3, 0.4) is 0 Å². The highest BCUT2D eigenvalue weighted by atomic mass is 35.5. The van der Waals surface area contributed by atoms with Crippen molar-refractivity contribution in [2.45, 2.75) is 17.9 Å². The lowest BCUT2D eigenvalue weighted by Crippen LogP contribution is -3.00. The molecular weight excluding hydrogens is 486 g/mol. The maximum atomic E-state index is 13.0. The SMILES string of the molecule is COc1ccc2cc3[n+](cc2c1OC(=O)c1ccc(SC)cc1)CCc1cc2c(cc1-3)OCO2.[Cl-]. The van der Waals surface area contributed by atoms with Gasteiger partial charge in [0.05, 0.1) is 23.6 Å². The van der Waals surface area contributed by atoms with Crippen LogP contribution >= 0.6 is 11.8 Å². The van der Waals surface area contributed by atoms with Crippen molar-refractivity contribution in [3.63, 3.8) is 0 Å². The maximum absolute atomic E-state index is 13.0. The second-order valence-electron chi connectivity index (χ2n) is 8.18. The molecule has 0 amide bonds. The van der Waals surface area contributed by atoms with Crippen LogP contribution in [0.1, 0.15) is 15.9 Å². The Morgan fingerprint density at radius 3 is 2.54 bits per heavy atom. The average Bonchev–Trinajstić information content (AvgIpc) is 3.34. The molecule has 0 saturated carbocycles. The summed E-state index contributed by atoms with van der Waals surface area (Å²) in [5.74, 6) is 2.09. The van der Waals surface area contributed by atoms with E-state index in [0.717, 1.165) is 51.4 Å². The number of aryl methyl sites for hydroxylation is 2. The van der Waals surface area contributed by atoms with Gasteiger partial charge in [-0.3, -0.25) is 0 Å². The quantitative estimate of drug-likeness (QED) is 0.182. The molecule has 4 aromatic rings. The molecule has 6 nitrogen and oxygen atoms in total. The first kappa shape index (κ1) is 23.3. The number of methoxy groups -OCH3 is 1. The van der Waals surface area contributed by atoms with E-state index in [-0.39, 0.29) is 19.2 Å². The molecule has 0 fully saturated rings. The Kier molecular flexibility index (Phi) is 6.21. The lowest BCUT2D eigenvalue weighted by molar-refractivity contribution is -0.686. The molecule has 0 atom stereocenters. The van der Waals surface area contributed by atoms with E-state index in [1.807, 2.05) is 36.7 Å². The van der Waals surface area contributed by atoms with Gasteiger partial charge in [-0.25, -0.2) is 4.79 Å². The van der Waals surface area contributed by atoms with Crippen LogP contribution in [0.5, 0.6) is 23.0 Å². The van der Waals surface area contributed by atoms with E-state index >= 15 is 0 Å². The van der Waals surface area contributed by atoms with Crippen molar-refractivity contribution in [1.29, 1.82) is 0 Å². The normalized spacial score (nSPS) is 13.0. The van der Waals surface area contributed by atoms with E-state index in [0.29, 0.717) is 17.1 Å². The van der Waals surface area contributed by atoms with E-state index in [1.165, 1.54) is 5.56 Å². The van der Waals surface area contributed by atoms with E-state index in [2.05, 4.69) is 22.8 Å². The monoisotopic (exact) mass is 507 g/mol. The highest BCUT2D eigenvalue weighted by Crippen LogP contribution is 2.41. The van der Waals surface area contributed by atoms with Gasteiger partial charge in [0.1, 0.15) is 0 Å². The van der Waals surface area contributed by atoms with Crippen LogP contribution in [0.4, 0.5) is 0 Å². The van der Waals surface area contributed by atoms with Crippen LogP contribution in [0, 0.1) is 0 Å². The summed E-state index contributed by atoms with van der Waals surface area (Å²) in [6.07, 6.45) is 4.91. The van der Waals surface area contributed by atoms with Crippen molar-refractivity contribution < 1.29 is 40.7 Å². The first-order chi connectivity index (χ1) is 16.6. The Morgan fingerprint density at radius 1 is 1.03 bits per heavy atom. The predicted octanol–water partition coefficient (Wildman–Crippen LogP) is 2.03. The molecule has 6 rings (SSSR count). The van der Waals surface area contributed by atoms with E-state index in [4.69, 9.17) is 18.9 Å². The summed E-state index contributed by atoms with van der Waals surface area (Å²) < 4.78 is 24.8. The largest absolute Gasteiger partial charge is 1.00 e. The maximum Gasteiger partial charge on any atom is 0.343 e. The Morgan fingerprint density at radius 2 is 1.80 bits per heavy atom. The summed E-state index contributed by atoms with van der Waals surface area (Å²) in [7, 11) is 1.58. The minimum Gasteiger partial charge on any atom is -1.00 e. The number of halogens is 1. The smallest absolute Gasteiger partial charge is 0.343 e. The third kappa shape index (κ3) is 4.05. The second kappa shape index (κ2) is 9.32. The molecule has 1 aromatic heterocycles. The number of ether oxygens (including phenoxy) is 4. The molecule has 0 saturated heterocycles. The number of carbonyl (C=O) groups excluding carboxylic acids is 1. The Hall–Kier alpha value is -3.42. The zero-order valence-electron chi connectivity index (χ0n) is 19.2. The first-order valence-corrected chi connectivity index (χ1v) is 12.2. The Labute approximate surface area is 213 Å². The second-order valence-corrected chi connectivity index (χ2v) is 9.06. The zero-order valence-corrected chi connectivity index (χ0v) is 20.7. The molecule has 0 bridgehead atoms. The number of thioether (sulfide) groups is 1. The predicted molar refractivity (Wildman–Crippen MR) is 129 cm³/mol. The highest BCUT2D eigenvalue weighted by molar-refractivity contribution is 7.98. The standard InChI is InChI=1S/C27H22NO5S.ClH/c1-30-23-8-5-17-11-22-20-13-25-24(31-15-32-25)12-18(20)9-10-28(22)14-21(17)26(23)33-27(29)16-3-6-19(34-2)7-4-16;/h3-8,11-14H,9-10,15H2,1-2H3;1H/q+1;/p-1. The van der Waals surface area contributed by atoms with Crippen molar-refractivity contribution in [3.8, 4) is 34.3 Å². The number of esters is 1. The van der Waals surface area contributed by atoms with Gasteiger partial charge < -0.3 is 31.4 Å². The van der Waals surface area contributed by atoms with Gasteiger partial charge in [0.2, 0.25) is 12.5 Å². The van der Waals surface area contributed by atoms with Gasteiger partial charge in [0.15, 0.2) is 35.7 Å². The van der Waals surface area contributed by atoms with Crippen LogP contribution < -0.4 is 35.9 Å². The topological polar surface area (TPSA) is 57.9 Å². The van der Waals surface area contributed by atoms with E-state index in [1.54, 1.807) is 31.0 Å². The number of pyridine rings is 1. The number of hydrogen-bond donors (Lipinski definition) is 0. The van der Waals surface area contributed by atoms with Gasteiger partial charge in [-0.1, -0.05) is 0 Å². The first-order valence-electron chi connectivity index (χ1n) is 11.0. The summed E-state index contributed by atoms with van der Waals surface area (Å²) in [5.41, 5.74) is 3.94. The molecule has 2 aliphatic heterocycles. The van der Waals surface area contributed by atoms with Gasteiger partial charge in [-0.2, -0.15) is 4.57 Å². The van der Waals surface area contributed by atoms with Crippen LogP contribution in [0.2, 0.25) is 0 Å². The molecule has 0 aliphatic carbocycles. The highest BCUT2D eigenvalue weighted by Gasteiger charge is 2.29. The van der Waals surface area contributed by atoms with Crippen molar-refractivity contribution >= 4 is 28.5 Å². The Bertz CT molecular complexity index is 1450. The molecule has 178 valence electrons. The summed E-state index contributed by atoms with van der Waals surface area (Å²) in [5, 5.41) is 1.78. The third-order valence-electron chi connectivity index (χ3n) is 6.32. The van der Waals surface area contributed by atoms with Crippen LogP contribution in [0.15, 0.2) is 65.7 Å². The van der Waals surface area contributed by atoms with E-state index < -0.39 is 5.97 Å². The van der Waals surface area contributed by atoms with Crippen molar-refractivity contribution in [3.05, 3.63) is 71.9 Å². The Balaban J connectivity index is 0.00000253. The summed E-state index contributed by atoms with van der Waals surface area (Å²) in [6, 6.07) is 17.5. The number of benzene rings is 3. The van der Waals surface area contributed by atoms with Gasteiger partial charge in [-0.05, 0) is 65.7 Å². The molecule has 35 heavy (non-hydrogen) atoms. The number of rotatable bonds is 4. The minimum absolute atomic E-state index is 0. The fourth-order valence-corrected chi connectivity index (χ4v) is 4.95. The molecular formula is C27H22ClNO5S. The zero-order chi connectivity index (χ0) is 23.2. The molecule has 0 radical (unpaired) electrons. The van der Waals surface area contributed by atoms with Crippen molar-refractivity contribution in [1.82, 2.24) is 0 Å². The average molecular weight is 508 g/mol. The third-order valence-corrected chi connectivity index (χ3v) is 7.06. The number of fused-ring (bicyclic) bond motifs is 5. The summed E-state index contributed by atoms with van der Waals surface area (Å²) >= 11 is 1.63. The van der Waals surface area contributed by atoms with Gasteiger partial charge in [-0.15, -0.1) is 11.8 Å². The van der Waals surface area contributed by atoms with Gasteiger partial charge >= 0.3 is 5.97 Å². The van der Waals surface area contributed by atoms with Gasteiger partial charge in [0.25, 0.3) is 0 Å². The molecule has 0 unspecified atom stereocenters. The van der Waals surface area contributed by atoms with E-state index in [9.17, 15) is 4.79 Å². The summed E-state index contributed by atoms with van der Waals surface area (Å²) in [6.45, 7) is 1.06. The fraction of sp³-hybridized carbons (Fsp3) is 0.185. The molecule has 8 heteroatoms. The fourth-order valence-electron chi connectivity index (χ4n) is 4.54. The number of aromatic nitrogens is 1. The van der Waals surface area contributed by atoms with Crippen LogP contribution in [-0.4, -0.2) is 26.1 Å². The number of hydrogen-bond acceptors (Lipinski definition) is 6. The lowest BCUT2D eigenvalue weighted by atomic mass is 9.95. The number of nitrogens with zero attached hydrogens (tertiary/aromatic N) is 1. The van der Waals surface area contributed by atoms with Crippen LogP contribution in [-0.2, 0) is 13.0 Å². The summed E-state index contributed by atoms with van der Waals surface area (Å²) in [4.78, 5) is 14.1. The molecule has 3 aromatic carbocycles. The minimum atomic E-state index is -0.417. The lowest BCUT2D eigenvalue weighted by Gasteiger charge is -2.17. The molecule has 0 N–H and O–H groups in total. The van der Waals surface area contributed by atoms with Crippen LogP contribution in [0.25, 0.3) is 22.0 Å². The molecule has 0 spiro atoms. The van der Waals surface area contributed by atoms with Crippen molar-refractivity contribution in [2.24, 2.45) is 0 Å². The molecule has 2 aliphatic rings. The molecule has 3 heterocycles. The van der Waals surface area contributed by atoms with Gasteiger partial charge in [0, 0.05) is 17.4 Å². The number of carbonyl (C=O) groups is 1. The van der Waals surface area contributed by atoms with Crippen molar-refractivity contribution in [2.75, 3.05) is 20.2 Å².